The van der Waals surface area contributed by atoms with E-state index in [0.29, 0.717) is 6.17 Å². The molecule has 1 unspecified atom stereocenters. The van der Waals surface area contributed by atoms with Gasteiger partial charge in [0.15, 0.2) is 0 Å². The quantitative estimate of drug-likeness (QED) is 0.0755. The van der Waals surface area contributed by atoms with Crippen LogP contribution in [0, 0.1) is 0 Å². The zero-order valence-corrected chi connectivity index (χ0v) is 28.3. The SMILES string of the molecule is CCCCCCCCCCCCCCCCCCCC1N(CCCCC)C=CN1CCCCCCCCCCC. The van der Waals surface area contributed by atoms with E-state index in [4.69, 9.17) is 0 Å². The molecule has 1 aliphatic rings. The summed E-state index contributed by atoms with van der Waals surface area (Å²) in [5.74, 6) is 0. The molecule has 238 valence electrons. The number of nitrogens with zero attached hydrogens (tertiary/aromatic N) is 2. The van der Waals surface area contributed by atoms with E-state index >= 15 is 0 Å². The van der Waals surface area contributed by atoms with Gasteiger partial charge in [-0.2, -0.15) is 0 Å². The molecule has 2 heteroatoms. The minimum atomic E-state index is 0.641. The molecule has 0 saturated heterocycles. The first-order valence-electron chi connectivity index (χ1n) is 19.0. The van der Waals surface area contributed by atoms with Gasteiger partial charge in [-0.25, -0.2) is 0 Å². The van der Waals surface area contributed by atoms with E-state index in [1.54, 1.807) is 0 Å². The van der Waals surface area contributed by atoms with Crippen LogP contribution in [0.4, 0.5) is 0 Å². The van der Waals surface area contributed by atoms with Crippen LogP contribution in [-0.4, -0.2) is 29.1 Å². The Morgan fingerprint density at radius 1 is 0.325 bits per heavy atom. The molecule has 0 saturated carbocycles. The average Bonchev–Trinajstić information content (AvgIpc) is 3.35. The third-order valence-corrected chi connectivity index (χ3v) is 9.32. The van der Waals surface area contributed by atoms with E-state index in [2.05, 4.69) is 43.0 Å². The van der Waals surface area contributed by atoms with Gasteiger partial charge < -0.3 is 9.80 Å². The van der Waals surface area contributed by atoms with Crippen molar-refractivity contribution in [3.05, 3.63) is 12.4 Å². The Bertz CT molecular complexity index is 516. The zero-order chi connectivity index (χ0) is 28.8. The first kappa shape index (κ1) is 37.4. The van der Waals surface area contributed by atoms with Crippen LogP contribution in [-0.2, 0) is 0 Å². The molecule has 0 aliphatic carbocycles. The molecule has 0 aromatic heterocycles. The summed E-state index contributed by atoms with van der Waals surface area (Å²) in [6.07, 6.45) is 48.5. The third kappa shape index (κ3) is 22.0. The van der Waals surface area contributed by atoms with E-state index in [9.17, 15) is 0 Å². The van der Waals surface area contributed by atoms with Crippen molar-refractivity contribution >= 4 is 0 Å². The molecular weight excluding hydrogens is 484 g/mol. The molecule has 1 atom stereocenters. The van der Waals surface area contributed by atoms with Crippen LogP contribution in [0.15, 0.2) is 12.4 Å². The molecule has 0 bridgehead atoms. The highest BCUT2D eigenvalue weighted by Crippen LogP contribution is 2.24. The lowest BCUT2D eigenvalue weighted by atomic mass is 10.0. The number of unbranched alkanes of at least 4 members (excludes halogenated alkanes) is 26. The van der Waals surface area contributed by atoms with Gasteiger partial charge in [-0.3, -0.25) is 0 Å². The van der Waals surface area contributed by atoms with Crippen molar-refractivity contribution in [2.24, 2.45) is 0 Å². The first-order chi connectivity index (χ1) is 19.8. The third-order valence-electron chi connectivity index (χ3n) is 9.32. The van der Waals surface area contributed by atoms with Crippen LogP contribution in [0.5, 0.6) is 0 Å². The molecule has 0 fully saturated rings. The normalized spacial score (nSPS) is 15.1. The lowest BCUT2D eigenvalue weighted by Crippen LogP contribution is -2.39. The van der Waals surface area contributed by atoms with Crippen LogP contribution >= 0.6 is 0 Å². The number of hydrogen-bond acceptors (Lipinski definition) is 2. The van der Waals surface area contributed by atoms with Gasteiger partial charge in [-0.1, -0.05) is 188 Å². The number of hydrogen-bond donors (Lipinski definition) is 0. The van der Waals surface area contributed by atoms with Crippen LogP contribution in [0.1, 0.15) is 213 Å². The molecule has 0 amide bonds. The molecule has 1 heterocycles. The van der Waals surface area contributed by atoms with Crippen molar-refractivity contribution in [1.82, 2.24) is 9.80 Å². The predicted octanol–water partition coefficient (Wildman–Crippen LogP) is 13.2. The average molecular weight is 561 g/mol. The summed E-state index contributed by atoms with van der Waals surface area (Å²) in [5.41, 5.74) is 0. The minimum absolute atomic E-state index is 0.641. The summed E-state index contributed by atoms with van der Waals surface area (Å²) in [7, 11) is 0. The summed E-state index contributed by atoms with van der Waals surface area (Å²) >= 11 is 0. The van der Waals surface area contributed by atoms with Crippen molar-refractivity contribution in [2.45, 2.75) is 220 Å². The van der Waals surface area contributed by atoms with Crippen molar-refractivity contribution in [2.75, 3.05) is 13.1 Å². The van der Waals surface area contributed by atoms with Gasteiger partial charge in [-0.15, -0.1) is 0 Å². The van der Waals surface area contributed by atoms with E-state index in [-0.39, 0.29) is 0 Å². The van der Waals surface area contributed by atoms with E-state index in [1.807, 2.05) is 0 Å². The maximum atomic E-state index is 2.69. The fraction of sp³-hybridized carbons (Fsp3) is 0.947. The Balaban J connectivity index is 2.05. The highest BCUT2D eigenvalue weighted by Gasteiger charge is 2.24. The van der Waals surface area contributed by atoms with Crippen molar-refractivity contribution in [3.8, 4) is 0 Å². The molecule has 0 aromatic carbocycles. The van der Waals surface area contributed by atoms with Crippen molar-refractivity contribution in [1.29, 1.82) is 0 Å². The fourth-order valence-corrected chi connectivity index (χ4v) is 6.54. The summed E-state index contributed by atoms with van der Waals surface area (Å²) in [5, 5.41) is 0. The summed E-state index contributed by atoms with van der Waals surface area (Å²) in [6.45, 7) is 9.46. The zero-order valence-electron chi connectivity index (χ0n) is 28.3. The lowest BCUT2D eigenvalue weighted by molar-refractivity contribution is 0.135. The Morgan fingerprint density at radius 2 is 0.575 bits per heavy atom. The van der Waals surface area contributed by atoms with Gasteiger partial charge in [0, 0.05) is 25.5 Å². The predicted molar refractivity (Wildman–Crippen MR) is 182 cm³/mol. The van der Waals surface area contributed by atoms with Gasteiger partial charge >= 0.3 is 0 Å². The van der Waals surface area contributed by atoms with Gasteiger partial charge in [0.2, 0.25) is 0 Å². The van der Waals surface area contributed by atoms with Crippen molar-refractivity contribution < 1.29 is 0 Å². The molecule has 1 aliphatic heterocycles. The highest BCUT2D eigenvalue weighted by atomic mass is 15.4. The van der Waals surface area contributed by atoms with E-state index in [0.717, 1.165) is 0 Å². The summed E-state index contributed by atoms with van der Waals surface area (Å²) in [4.78, 5) is 5.37. The fourth-order valence-electron chi connectivity index (χ4n) is 6.54. The molecule has 2 nitrogen and oxygen atoms in total. The van der Waals surface area contributed by atoms with Crippen LogP contribution in [0.3, 0.4) is 0 Å². The van der Waals surface area contributed by atoms with Crippen molar-refractivity contribution in [3.63, 3.8) is 0 Å². The van der Waals surface area contributed by atoms with E-state index in [1.165, 1.54) is 206 Å². The monoisotopic (exact) mass is 561 g/mol. The molecule has 0 N–H and O–H groups in total. The van der Waals surface area contributed by atoms with Gasteiger partial charge in [0.25, 0.3) is 0 Å². The maximum Gasteiger partial charge on any atom is 0.101 e. The van der Waals surface area contributed by atoms with E-state index < -0.39 is 0 Å². The minimum Gasteiger partial charge on any atom is -0.356 e. The van der Waals surface area contributed by atoms with Crippen LogP contribution in [0.2, 0.25) is 0 Å². The second-order valence-electron chi connectivity index (χ2n) is 13.2. The van der Waals surface area contributed by atoms with Crippen LogP contribution in [0.25, 0.3) is 0 Å². The van der Waals surface area contributed by atoms with Gasteiger partial charge in [0.1, 0.15) is 6.17 Å². The largest absolute Gasteiger partial charge is 0.356 e. The highest BCUT2D eigenvalue weighted by molar-refractivity contribution is 4.97. The molecule has 1 rings (SSSR count). The Hall–Kier alpha value is -0.660. The Morgan fingerprint density at radius 3 is 0.925 bits per heavy atom. The smallest absolute Gasteiger partial charge is 0.101 e. The topological polar surface area (TPSA) is 6.48 Å². The molecule has 0 aromatic rings. The molecule has 0 spiro atoms. The number of rotatable bonds is 32. The van der Waals surface area contributed by atoms with Gasteiger partial charge in [0.05, 0.1) is 0 Å². The molecule has 0 radical (unpaired) electrons. The summed E-state index contributed by atoms with van der Waals surface area (Å²) in [6, 6.07) is 0. The standard InChI is InChI=1S/C38H76N2/c1-4-7-10-12-14-16-17-18-19-20-21-22-23-24-26-28-30-33-38-39(34-31-9-6-3)36-37-40(38)35-32-29-27-25-15-13-11-8-5-2/h36-38H,4-35H2,1-3H3. The first-order valence-corrected chi connectivity index (χ1v) is 19.0. The van der Waals surface area contributed by atoms with Gasteiger partial charge in [-0.05, 0) is 25.7 Å². The molecule has 40 heavy (non-hydrogen) atoms. The maximum absolute atomic E-state index is 2.69. The Labute approximate surface area is 254 Å². The lowest BCUT2D eigenvalue weighted by Gasteiger charge is -2.33. The van der Waals surface area contributed by atoms with Crippen LogP contribution < -0.4 is 0 Å². The Kier molecular flexibility index (Phi) is 27.9. The molecular formula is C38H76N2. The second-order valence-corrected chi connectivity index (χ2v) is 13.2. The summed E-state index contributed by atoms with van der Waals surface area (Å²) < 4.78 is 0. The second kappa shape index (κ2) is 29.8.